The molecule has 1 heterocycles. The number of carboxylic acids is 1. The van der Waals surface area contributed by atoms with Crippen LogP contribution in [0, 0.1) is 0 Å². The third kappa shape index (κ3) is 2.44. The van der Waals surface area contributed by atoms with Crippen molar-refractivity contribution in [3.8, 4) is 0 Å². The number of aliphatic carboxylic acids is 1. The van der Waals surface area contributed by atoms with Crippen LogP contribution in [-0.2, 0) is 9.53 Å². The maximum Gasteiger partial charge on any atom is 0.320 e. The molecule has 0 amide bonds. The van der Waals surface area contributed by atoms with E-state index in [1.807, 2.05) is 0 Å². The van der Waals surface area contributed by atoms with Gasteiger partial charge in [0, 0.05) is 13.0 Å². The first-order valence-corrected chi connectivity index (χ1v) is 3.92. The van der Waals surface area contributed by atoms with Crippen molar-refractivity contribution in [2.75, 3.05) is 19.8 Å². The molecular formula is C7H13NO4. The van der Waals surface area contributed by atoms with Crippen molar-refractivity contribution < 1.29 is 19.7 Å². The van der Waals surface area contributed by atoms with E-state index in [4.69, 9.17) is 14.9 Å². The van der Waals surface area contributed by atoms with Crippen LogP contribution in [0.4, 0.5) is 0 Å². The number of rotatable bonds is 4. The first-order valence-electron chi connectivity index (χ1n) is 3.92. The largest absolute Gasteiger partial charge is 0.480 e. The van der Waals surface area contributed by atoms with Crippen molar-refractivity contribution >= 4 is 5.97 Å². The summed E-state index contributed by atoms with van der Waals surface area (Å²) in [6.07, 6.45) is 0.410. The first kappa shape index (κ1) is 9.44. The third-order valence-electron chi connectivity index (χ3n) is 1.83. The lowest BCUT2D eigenvalue weighted by atomic mass is 10.2. The monoisotopic (exact) mass is 175 g/mol. The molecule has 5 heteroatoms. The Balaban J connectivity index is 2.21. The smallest absolute Gasteiger partial charge is 0.320 e. The van der Waals surface area contributed by atoms with Crippen molar-refractivity contribution in [3.05, 3.63) is 0 Å². The van der Waals surface area contributed by atoms with Gasteiger partial charge in [-0.1, -0.05) is 0 Å². The van der Waals surface area contributed by atoms with Crippen molar-refractivity contribution in [2.45, 2.75) is 18.6 Å². The van der Waals surface area contributed by atoms with Gasteiger partial charge in [-0.2, -0.15) is 0 Å². The molecule has 0 aromatic carbocycles. The molecule has 2 atom stereocenters. The number of hydrogen-bond donors (Lipinski definition) is 3. The number of ether oxygens (including phenoxy) is 1. The minimum atomic E-state index is -0.843. The molecule has 70 valence electrons. The van der Waals surface area contributed by atoms with Gasteiger partial charge in [0.1, 0.15) is 6.04 Å². The van der Waals surface area contributed by atoms with E-state index in [1.54, 1.807) is 0 Å². The van der Waals surface area contributed by atoms with E-state index in [-0.39, 0.29) is 19.3 Å². The van der Waals surface area contributed by atoms with Crippen LogP contribution in [0.3, 0.4) is 0 Å². The van der Waals surface area contributed by atoms with Crippen molar-refractivity contribution in [1.82, 2.24) is 5.32 Å². The van der Waals surface area contributed by atoms with Crippen LogP contribution in [0.5, 0.6) is 0 Å². The number of nitrogens with one attached hydrogen (secondary N) is 1. The quantitative estimate of drug-likeness (QED) is 0.500. The van der Waals surface area contributed by atoms with E-state index in [9.17, 15) is 4.79 Å². The lowest BCUT2D eigenvalue weighted by Gasteiger charge is -2.08. The zero-order chi connectivity index (χ0) is 8.97. The summed E-state index contributed by atoms with van der Waals surface area (Å²) in [7, 11) is 0. The topological polar surface area (TPSA) is 78.8 Å². The summed E-state index contributed by atoms with van der Waals surface area (Å²) in [6.45, 7) is 0.809. The van der Waals surface area contributed by atoms with Gasteiger partial charge in [-0.3, -0.25) is 4.79 Å². The normalized spacial score (nSPS) is 29.1. The lowest BCUT2D eigenvalue weighted by Crippen LogP contribution is -2.29. The summed E-state index contributed by atoms with van der Waals surface area (Å²) >= 11 is 0. The van der Waals surface area contributed by atoms with Crippen LogP contribution in [0.25, 0.3) is 0 Å². The van der Waals surface area contributed by atoms with E-state index in [0.29, 0.717) is 13.0 Å². The second-order valence-corrected chi connectivity index (χ2v) is 2.75. The molecule has 0 spiro atoms. The minimum Gasteiger partial charge on any atom is -0.480 e. The number of carbonyl (C=O) groups is 1. The summed E-state index contributed by atoms with van der Waals surface area (Å²) in [5.74, 6) is -0.843. The van der Waals surface area contributed by atoms with E-state index in [2.05, 4.69) is 5.32 Å². The number of aliphatic hydroxyl groups is 1. The molecule has 0 saturated carbocycles. The lowest BCUT2D eigenvalue weighted by molar-refractivity contribution is -0.139. The fourth-order valence-electron chi connectivity index (χ4n) is 1.24. The maximum atomic E-state index is 10.5. The number of carboxylic acid groups (broad SMARTS) is 1. The average molecular weight is 175 g/mol. The van der Waals surface area contributed by atoms with Crippen molar-refractivity contribution in [1.29, 1.82) is 0 Å². The molecule has 0 bridgehead atoms. The predicted molar refractivity (Wildman–Crippen MR) is 40.9 cm³/mol. The Morgan fingerprint density at radius 2 is 2.42 bits per heavy atom. The van der Waals surface area contributed by atoms with Crippen LogP contribution in [-0.4, -0.2) is 48.1 Å². The van der Waals surface area contributed by atoms with Crippen LogP contribution >= 0.6 is 0 Å². The molecule has 3 N–H and O–H groups in total. The summed E-state index contributed by atoms with van der Waals surface area (Å²) in [6, 6.07) is -0.492. The Bertz CT molecular complexity index is 161. The zero-order valence-electron chi connectivity index (χ0n) is 6.69. The highest BCUT2D eigenvalue weighted by Gasteiger charge is 2.29. The van der Waals surface area contributed by atoms with E-state index >= 15 is 0 Å². The molecule has 1 aliphatic rings. The molecule has 0 aliphatic carbocycles. The van der Waals surface area contributed by atoms with Gasteiger partial charge in [-0.25, -0.2) is 0 Å². The Hall–Kier alpha value is -0.650. The Kier molecular flexibility index (Phi) is 3.46. The van der Waals surface area contributed by atoms with Gasteiger partial charge < -0.3 is 20.3 Å². The Morgan fingerprint density at radius 1 is 1.67 bits per heavy atom. The molecule has 1 rings (SSSR count). The highest BCUT2D eigenvalue weighted by Crippen LogP contribution is 2.09. The molecule has 5 nitrogen and oxygen atoms in total. The first-order chi connectivity index (χ1) is 5.74. The molecule has 0 aromatic rings. The van der Waals surface area contributed by atoms with Crippen molar-refractivity contribution in [3.63, 3.8) is 0 Å². The van der Waals surface area contributed by atoms with E-state index in [1.165, 1.54) is 0 Å². The standard InChI is InChI=1S/C7H13NO4/c9-1-2-12-5-3-6(7(10)11)8-4-5/h5-6,8-9H,1-4H2,(H,10,11). The zero-order valence-corrected chi connectivity index (χ0v) is 6.69. The van der Waals surface area contributed by atoms with Crippen LogP contribution < -0.4 is 5.32 Å². The van der Waals surface area contributed by atoms with Gasteiger partial charge in [-0.05, 0) is 0 Å². The molecular weight excluding hydrogens is 162 g/mol. The second-order valence-electron chi connectivity index (χ2n) is 2.75. The third-order valence-corrected chi connectivity index (χ3v) is 1.83. The van der Waals surface area contributed by atoms with Crippen LogP contribution in [0.15, 0.2) is 0 Å². The average Bonchev–Trinajstić information content (AvgIpc) is 2.48. The van der Waals surface area contributed by atoms with Gasteiger partial charge >= 0.3 is 5.97 Å². The van der Waals surface area contributed by atoms with Crippen LogP contribution in [0.1, 0.15) is 6.42 Å². The van der Waals surface area contributed by atoms with Gasteiger partial charge in [-0.15, -0.1) is 0 Å². The number of aliphatic hydroxyl groups excluding tert-OH is 1. The maximum absolute atomic E-state index is 10.5. The number of hydrogen-bond acceptors (Lipinski definition) is 4. The molecule has 1 aliphatic heterocycles. The Labute approximate surface area is 70.3 Å². The predicted octanol–water partition coefficient (Wildman–Crippen LogP) is -1.19. The van der Waals surface area contributed by atoms with Gasteiger partial charge in [0.25, 0.3) is 0 Å². The molecule has 1 fully saturated rings. The highest BCUT2D eigenvalue weighted by molar-refractivity contribution is 5.73. The summed E-state index contributed by atoms with van der Waals surface area (Å²) in [5, 5.41) is 19.8. The fraction of sp³-hybridized carbons (Fsp3) is 0.857. The van der Waals surface area contributed by atoms with Crippen molar-refractivity contribution in [2.24, 2.45) is 0 Å². The van der Waals surface area contributed by atoms with E-state index < -0.39 is 12.0 Å². The molecule has 0 aromatic heterocycles. The summed E-state index contributed by atoms with van der Waals surface area (Å²) < 4.78 is 5.16. The van der Waals surface area contributed by atoms with Crippen LogP contribution in [0.2, 0.25) is 0 Å². The van der Waals surface area contributed by atoms with Gasteiger partial charge in [0.05, 0.1) is 19.3 Å². The molecule has 0 radical (unpaired) electrons. The SMILES string of the molecule is O=C(O)C1CC(OCCO)CN1. The molecule has 1 saturated heterocycles. The summed E-state index contributed by atoms with van der Waals surface area (Å²) in [4.78, 5) is 10.5. The molecule has 2 unspecified atom stereocenters. The second kappa shape index (κ2) is 4.39. The van der Waals surface area contributed by atoms with E-state index in [0.717, 1.165) is 0 Å². The molecule has 12 heavy (non-hydrogen) atoms. The van der Waals surface area contributed by atoms with Gasteiger partial charge in [0.2, 0.25) is 0 Å². The fourth-order valence-corrected chi connectivity index (χ4v) is 1.24. The highest BCUT2D eigenvalue weighted by atomic mass is 16.5. The Morgan fingerprint density at radius 3 is 2.92 bits per heavy atom. The van der Waals surface area contributed by atoms with Gasteiger partial charge in [0.15, 0.2) is 0 Å². The summed E-state index contributed by atoms with van der Waals surface area (Å²) in [5.41, 5.74) is 0. The minimum absolute atomic E-state index is 0.0196.